The number of carbonyl (C=O) groups is 2. The number of alkyl halides is 1. The number of fused-ring (bicyclic) bond motifs is 1. The van der Waals surface area contributed by atoms with E-state index in [0.29, 0.717) is 0 Å². The molecular weight excluding hydrogens is 484 g/mol. The molecule has 1 unspecified atom stereocenters. The number of aromatic nitrogens is 3. The van der Waals surface area contributed by atoms with Crippen molar-refractivity contribution in [1.82, 2.24) is 14.5 Å². The lowest BCUT2D eigenvalue weighted by atomic mass is 9.58. The Morgan fingerprint density at radius 3 is 2.67 bits per heavy atom. The van der Waals surface area contributed by atoms with E-state index >= 15 is 0 Å². The van der Waals surface area contributed by atoms with Gasteiger partial charge in [-0.25, -0.2) is 14.8 Å². The smallest absolute Gasteiger partial charge is 0.328 e. The number of aryl methyl sites for hydroxylation is 1. The number of imidazole rings is 1. The highest BCUT2D eigenvalue weighted by Crippen LogP contribution is 2.49. The molecule has 0 bridgehead atoms. The molecule has 0 radical (unpaired) electrons. The summed E-state index contributed by atoms with van der Waals surface area (Å²) >= 11 is 3.44. The van der Waals surface area contributed by atoms with Gasteiger partial charge in [-0.1, -0.05) is 47.3 Å². The minimum absolute atomic E-state index is 0.158. The number of rotatable bonds is 5. The maximum absolute atomic E-state index is 12.6. The Labute approximate surface area is 200 Å². The molecule has 8 heteroatoms. The number of pyridine rings is 1. The van der Waals surface area contributed by atoms with Crippen molar-refractivity contribution in [3.63, 3.8) is 0 Å². The van der Waals surface area contributed by atoms with Gasteiger partial charge in [0.1, 0.15) is 16.2 Å². The molecule has 1 spiro atoms. The van der Waals surface area contributed by atoms with Gasteiger partial charge in [0.05, 0.1) is 5.41 Å². The highest BCUT2D eigenvalue weighted by Gasteiger charge is 2.58. The van der Waals surface area contributed by atoms with E-state index in [1.807, 2.05) is 47.9 Å². The van der Waals surface area contributed by atoms with Crippen LogP contribution in [0.4, 0.5) is 0 Å². The lowest BCUT2D eigenvalue weighted by Crippen LogP contribution is -2.61. The summed E-state index contributed by atoms with van der Waals surface area (Å²) in [7, 11) is 0. The van der Waals surface area contributed by atoms with Gasteiger partial charge in [-0.15, -0.1) is 0 Å². The minimum atomic E-state index is -0.975. The molecule has 33 heavy (non-hydrogen) atoms. The molecule has 2 aliphatic rings. The zero-order chi connectivity index (χ0) is 23.2. The van der Waals surface area contributed by atoms with E-state index in [1.54, 1.807) is 6.20 Å². The number of Topliss-reactive ketones (excluding diaryl/α,β-unsaturated/α-hetero) is 1. The molecular formula is C25H25BrN4O3. The van der Waals surface area contributed by atoms with Crippen molar-refractivity contribution in [2.75, 3.05) is 0 Å². The van der Waals surface area contributed by atoms with Gasteiger partial charge in [0.15, 0.2) is 17.5 Å². The number of carbonyl (C=O) groups excluding carboxylic acids is 1. The number of halogens is 1. The zero-order valence-corrected chi connectivity index (χ0v) is 20.0. The monoisotopic (exact) mass is 508 g/mol. The van der Waals surface area contributed by atoms with Crippen LogP contribution in [0.15, 0.2) is 47.6 Å². The number of hydrogen-bond donors (Lipinski definition) is 1. The summed E-state index contributed by atoms with van der Waals surface area (Å²) in [6.45, 7) is 1.93. The van der Waals surface area contributed by atoms with Crippen molar-refractivity contribution in [2.45, 2.75) is 56.3 Å². The predicted molar refractivity (Wildman–Crippen MR) is 129 cm³/mol. The molecule has 7 nitrogen and oxygen atoms in total. The van der Waals surface area contributed by atoms with Crippen LogP contribution in [0, 0.1) is 12.3 Å². The van der Waals surface area contributed by atoms with E-state index in [-0.39, 0.29) is 12.2 Å². The largest absolute Gasteiger partial charge is 0.480 e. The van der Waals surface area contributed by atoms with Gasteiger partial charge in [0.25, 0.3) is 0 Å². The average Bonchev–Trinajstić information content (AvgIpc) is 3.17. The third kappa shape index (κ3) is 3.70. The molecule has 1 N–H and O–H groups in total. The quantitative estimate of drug-likeness (QED) is 0.513. The molecule has 0 amide bonds. The summed E-state index contributed by atoms with van der Waals surface area (Å²) < 4.78 is 1.98. The highest BCUT2D eigenvalue weighted by atomic mass is 79.9. The number of carboxylic acids is 1. The molecule has 3 aromatic rings. The second-order valence-electron chi connectivity index (χ2n) is 8.95. The van der Waals surface area contributed by atoms with Crippen molar-refractivity contribution in [1.29, 1.82) is 0 Å². The van der Waals surface area contributed by atoms with Gasteiger partial charge in [0, 0.05) is 24.0 Å². The molecule has 170 valence electrons. The fourth-order valence-electron chi connectivity index (χ4n) is 5.20. The Morgan fingerprint density at radius 2 is 1.97 bits per heavy atom. The number of benzene rings is 1. The van der Waals surface area contributed by atoms with Crippen LogP contribution < -0.4 is 0 Å². The van der Waals surface area contributed by atoms with Gasteiger partial charge in [-0.3, -0.25) is 14.4 Å². The first-order valence-electron chi connectivity index (χ1n) is 11.3. The van der Waals surface area contributed by atoms with Crippen LogP contribution in [-0.2, 0) is 16.0 Å². The maximum Gasteiger partial charge on any atom is 0.328 e. The Bertz CT molecular complexity index is 1260. The van der Waals surface area contributed by atoms with Crippen LogP contribution in [0.1, 0.15) is 43.5 Å². The maximum atomic E-state index is 12.6. The Hall–Kier alpha value is -2.87. The van der Waals surface area contributed by atoms with Gasteiger partial charge >= 0.3 is 5.97 Å². The summed E-state index contributed by atoms with van der Waals surface area (Å²) in [6, 6.07) is 10.6. The number of nitrogens with zero attached hydrogens (tertiary/aromatic N) is 4. The van der Waals surface area contributed by atoms with Gasteiger partial charge in [-0.05, 0) is 49.6 Å². The predicted octanol–water partition coefficient (Wildman–Crippen LogP) is 4.46. The Kier molecular flexibility index (Phi) is 5.64. The summed E-state index contributed by atoms with van der Waals surface area (Å²) in [5, 5.41) is 9.87. The van der Waals surface area contributed by atoms with Gasteiger partial charge in [0.2, 0.25) is 0 Å². The molecule has 0 aliphatic heterocycles. The molecule has 2 aliphatic carbocycles. The number of aliphatic carboxylic acids is 1. The first-order valence-corrected chi connectivity index (χ1v) is 12.2. The van der Waals surface area contributed by atoms with Crippen molar-refractivity contribution in [2.24, 2.45) is 10.4 Å². The number of ketones is 1. The summed E-state index contributed by atoms with van der Waals surface area (Å²) in [4.78, 5) is 37.9. The SMILES string of the molecule is Cc1nc2cccnc2n1-c1ccc(C[C@H](N=C2C(Br)C(=O)C23CCCCC3)C(=O)O)cc1. The van der Waals surface area contributed by atoms with Crippen LogP contribution in [0.2, 0.25) is 0 Å². The molecule has 0 saturated heterocycles. The molecule has 2 saturated carbocycles. The molecule has 2 fully saturated rings. The Balaban J connectivity index is 1.40. The lowest BCUT2D eigenvalue weighted by molar-refractivity contribution is -0.138. The lowest BCUT2D eigenvalue weighted by Gasteiger charge is -2.47. The van der Waals surface area contributed by atoms with Crippen LogP contribution in [-0.4, -0.2) is 48.0 Å². The van der Waals surface area contributed by atoms with Crippen molar-refractivity contribution in [3.8, 4) is 5.69 Å². The second kappa shape index (κ2) is 8.48. The van der Waals surface area contributed by atoms with Crippen molar-refractivity contribution in [3.05, 3.63) is 54.0 Å². The number of aliphatic imine (C=N–C) groups is 1. The van der Waals surface area contributed by atoms with E-state index in [1.165, 1.54) is 0 Å². The van der Waals surface area contributed by atoms with Crippen LogP contribution in [0.25, 0.3) is 16.9 Å². The third-order valence-electron chi connectivity index (χ3n) is 6.93. The molecule has 1 aromatic carbocycles. The van der Waals surface area contributed by atoms with E-state index in [2.05, 4.69) is 30.9 Å². The fraction of sp³-hybridized carbons (Fsp3) is 0.400. The van der Waals surface area contributed by atoms with Crippen molar-refractivity contribution < 1.29 is 14.7 Å². The fourth-order valence-corrected chi connectivity index (χ4v) is 6.19. The number of hydrogen-bond acceptors (Lipinski definition) is 5. The van der Waals surface area contributed by atoms with E-state index < -0.39 is 22.3 Å². The van der Waals surface area contributed by atoms with Crippen LogP contribution in [0.3, 0.4) is 0 Å². The Morgan fingerprint density at radius 1 is 1.24 bits per heavy atom. The van der Waals surface area contributed by atoms with E-state index in [0.717, 1.165) is 66.1 Å². The summed E-state index contributed by atoms with van der Waals surface area (Å²) in [5.41, 5.74) is 3.59. The molecule has 2 heterocycles. The first kappa shape index (κ1) is 21.9. The second-order valence-corrected chi connectivity index (χ2v) is 9.86. The third-order valence-corrected chi connectivity index (χ3v) is 7.78. The van der Waals surface area contributed by atoms with Crippen molar-refractivity contribution >= 4 is 44.6 Å². The average molecular weight is 509 g/mol. The summed E-state index contributed by atoms with van der Waals surface area (Å²) in [6.07, 6.45) is 6.66. The summed E-state index contributed by atoms with van der Waals surface area (Å²) in [5.74, 6) is 0.0188. The molecule has 5 rings (SSSR count). The molecule has 2 aromatic heterocycles. The number of carboxylic acid groups (broad SMARTS) is 1. The topological polar surface area (TPSA) is 97.4 Å². The highest BCUT2D eigenvalue weighted by molar-refractivity contribution is 9.10. The van der Waals surface area contributed by atoms with Crippen LogP contribution >= 0.6 is 15.9 Å². The van der Waals surface area contributed by atoms with Crippen LogP contribution in [0.5, 0.6) is 0 Å². The van der Waals surface area contributed by atoms with E-state index in [9.17, 15) is 14.7 Å². The molecule has 2 atom stereocenters. The van der Waals surface area contributed by atoms with E-state index in [4.69, 9.17) is 0 Å². The van der Waals surface area contributed by atoms with Gasteiger partial charge in [-0.2, -0.15) is 0 Å². The zero-order valence-electron chi connectivity index (χ0n) is 18.4. The standard InChI is InChI=1S/C25H25BrN4O3/c1-15-28-18-6-5-13-27-23(18)30(15)17-9-7-16(8-10-17)14-19(24(32)33)29-21-20(26)22(31)25(21)11-3-2-4-12-25/h5-10,13,19-20H,2-4,11-12,14H2,1H3,(H,32,33)/t19-,20?/m0/s1. The minimum Gasteiger partial charge on any atom is -0.480 e. The first-order chi connectivity index (χ1) is 15.9. The normalized spacial score (nSPS) is 21.9. The van der Waals surface area contributed by atoms with Gasteiger partial charge < -0.3 is 5.11 Å².